The summed E-state index contributed by atoms with van der Waals surface area (Å²) in [4.78, 5) is 11.2. The minimum atomic E-state index is -2.07. The van der Waals surface area contributed by atoms with E-state index >= 15 is 0 Å². The van der Waals surface area contributed by atoms with E-state index in [-0.39, 0.29) is 6.42 Å². The van der Waals surface area contributed by atoms with Crippen LogP contribution in [0.25, 0.3) is 0 Å². The van der Waals surface area contributed by atoms with Gasteiger partial charge in [0.05, 0.1) is 18.3 Å². The van der Waals surface area contributed by atoms with Crippen molar-refractivity contribution in [2.75, 3.05) is 0 Å². The number of aliphatic hydroxyl groups excluding tert-OH is 3. The Morgan fingerprint density at radius 1 is 1.67 bits per heavy atom. The molecule has 0 aromatic rings. The lowest BCUT2D eigenvalue weighted by Gasteiger charge is -2.44. The zero-order valence-electron chi connectivity index (χ0n) is 10.7. The molecular weight excluding hydrogens is 359 g/mol. The van der Waals surface area contributed by atoms with Crippen LogP contribution in [0, 0.1) is 5.92 Å². The van der Waals surface area contributed by atoms with E-state index in [2.05, 4.69) is 0 Å². The van der Waals surface area contributed by atoms with Crippen LogP contribution in [-0.4, -0.2) is 56.6 Å². The average molecular weight is 377 g/mol. The number of carbonyl (C=O) groups is 1. The molecule has 0 radical (unpaired) electrons. The lowest BCUT2D eigenvalue weighted by molar-refractivity contribution is -0.281. The largest absolute Gasteiger partial charge is 0.477 e. The van der Waals surface area contributed by atoms with Crippen LogP contribution in [0.5, 0.6) is 0 Å². The van der Waals surface area contributed by atoms with Crippen molar-refractivity contribution in [3.8, 4) is 0 Å². The third-order valence-electron chi connectivity index (χ3n) is 3.11. The predicted octanol–water partition coefficient (Wildman–Crippen LogP) is -0.339. The van der Waals surface area contributed by atoms with Crippen molar-refractivity contribution in [3.63, 3.8) is 0 Å². The van der Waals surface area contributed by atoms with E-state index in [1.165, 1.54) is 23.0 Å². The van der Waals surface area contributed by atoms with Crippen LogP contribution in [0.1, 0.15) is 21.6 Å². The molecule has 0 aromatic heterocycles. The van der Waals surface area contributed by atoms with Crippen LogP contribution in [0.15, 0.2) is 0 Å². The normalized spacial score (nSPS) is 40.9. The number of hydrogen-bond donors (Lipinski definition) is 4. The van der Waals surface area contributed by atoms with Crippen molar-refractivity contribution in [1.82, 2.24) is 0 Å². The maximum absolute atomic E-state index is 11.2. The van der Waals surface area contributed by atoms with Gasteiger partial charge in [0, 0.05) is 13.7 Å². The second kappa shape index (κ2) is 5.97. The molecule has 0 saturated carbocycles. The topological polar surface area (TPSA) is 116 Å². The molecule has 0 aliphatic carbocycles. The van der Waals surface area contributed by atoms with Gasteiger partial charge < -0.3 is 25.2 Å². The summed E-state index contributed by atoms with van der Waals surface area (Å²) < 4.78 is 17.1. The lowest BCUT2D eigenvalue weighted by Crippen LogP contribution is -2.59. The Labute approximate surface area is 120 Å². The summed E-state index contributed by atoms with van der Waals surface area (Å²) in [7, 11) is 0. The monoisotopic (exact) mass is 377 g/mol. The average Bonchev–Trinajstić information content (AvgIpc) is 2.39. The van der Waals surface area contributed by atoms with Crippen LogP contribution in [0.3, 0.4) is 0 Å². The minimum Gasteiger partial charge on any atom is -0.477 e. The molecule has 106 valence electrons. The molecule has 6 unspecified atom stereocenters. The summed E-state index contributed by atoms with van der Waals surface area (Å²) in [5.41, 5.74) is 0. The molecule has 6 atom stereocenters. The fourth-order valence-corrected chi connectivity index (χ4v) is 2.35. The Morgan fingerprint density at radius 2 is 2.28 bits per heavy atom. The van der Waals surface area contributed by atoms with Gasteiger partial charge in [0.1, 0.15) is 29.1 Å². The molecule has 1 aliphatic heterocycles. The highest BCUT2D eigenvalue weighted by Gasteiger charge is 2.53. The molecule has 0 bridgehead atoms. The Balaban J connectivity index is 2.99. The van der Waals surface area contributed by atoms with Crippen LogP contribution in [0.2, 0.25) is 0 Å². The van der Waals surface area contributed by atoms with Crippen molar-refractivity contribution >= 4 is 29.0 Å². The number of hydrogen-bond acceptors (Lipinski definition) is 6. The maximum atomic E-state index is 11.2. The van der Waals surface area contributed by atoms with E-state index in [0.29, 0.717) is 0 Å². The molecule has 7 nitrogen and oxygen atoms in total. The summed E-state index contributed by atoms with van der Waals surface area (Å²) in [6.07, 6.45) is -5.37. The Bertz CT molecular complexity index is 331. The predicted molar refractivity (Wildman–Crippen MR) is 67.8 cm³/mol. The molecule has 0 amide bonds. The number of aliphatic carboxylic acids is 1. The summed E-state index contributed by atoms with van der Waals surface area (Å²) in [6.45, 7) is 1.10. The van der Waals surface area contributed by atoms with Gasteiger partial charge in [-0.3, -0.25) is 3.07 Å². The summed E-state index contributed by atoms with van der Waals surface area (Å²) in [5, 5.41) is 38.4. The van der Waals surface area contributed by atoms with E-state index in [1.54, 1.807) is 6.92 Å². The summed E-state index contributed by atoms with van der Waals surface area (Å²) in [6, 6.07) is 0. The van der Waals surface area contributed by atoms with Crippen molar-refractivity contribution in [2.24, 2.45) is 5.92 Å². The standard InChI is InChI=1S/C10H17IO7/c1-4-6(13)3-10(18-11,9(15)16)17-8(4)7(14)5(2)12/h4-8,12-14H,3H2,1-2H3,(H,15,16)/i2D. The third-order valence-corrected chi connectivity index (χ3v) is 3.82. The van der Waals surface area contributed by atoms with Gasteiger partial charge in [0.15, 0.2) is 0 Å². The Morgan fingerprint density at radius 3 is 2.72 bits per heavy atom. The van der Waals surface area contributed by atoms with E-state index in [0.717, 1.165) is 0 Å². The van der Waals surface area contributed by atoms with E-state index in [9.17, 15) is 20.1 Å². The van der Waals surface area contributed by atoms with E-state index in [4.69, 9.17) is 14.3 Å². The zero-order chi connectivity index (χ0) is 14.8. The third kappa shape index (κ3) is 2.94. The van der Waals surface area contributed by atoms with Crippen LogP contribution < -0.4 is 0 Å². The quantitative estimate of drug-likeness (QED) is 0.496. The fourth-order valence-electron chi connectivity index (χ4n) is 1.88. The first-order chi connectivity index (χ1) is 8.79. The number of aliphatic hydroxyl groups is 3. The molecule has 1 fully saturated rings. The van der Waals surface area contributed by atoms with Crippen molar-refractivity contribution in [2.45, 2.75) is 50.4 Å². The van der Waals surface area contributed by atoms with Crippen LogP contribution in [0.4, 0.5) is 0 Å². The number of ether oxygens (including phenoxy) is 1. The Kier molecular flexibility index (Phi) is 4.78. The van der Waals surface area contributed by atoms with Crippen molar-refractivity contribution in [3.05, 3.63) is 0 Å². The molecule has 1 saturated heterocycles. The molecule has 18 heavy (non-hydrogen) atoms. The van der Waals surface area contributed by atoms with Crippen molar-refractivity contribution < 1.29 is 34.4 Å². The molecule has 0 spiro atoms. The first-order valence-corrected chi connectivity index (χ1v) is 6.21. The summed E-state index contributed by atoms with van der Waals surface area (Å²) in [5.74, 6) is -4.10. The lowest BCUT2D eigenvalue weighted by atomic mass is 9.85. The highest BCUT2D eigenvalue weighted by atomic mass is 127. The molecule has 4 N–H and O–H groups in total. The van der Waals surface area contributed by atoms with E-state index < -0.39 is 49.0 Å². The van der Waals surface area contributed by atoms with Crippen LogP contribution >= 0.6 is 23.0 Å². The fraction of sp³-hybridized carbons (Fsp3) is 0.900. The molecule has 1 heterocycles. The number of rotatable bonds is 4. The number of carboxylic acids is 1. The zero-order valence-corrected chi connectivity index (χ0v) is 11.9. The minimum absolute atomic E-state index is 0.285. The maximum Gasteiger partial charge on any atom is 0.365 e. The first-order valence-electron chi connectivity index (χ1n) is 6.04. The van der Waals surface area contributed by atoms with Gasteiger partial charge in [-0.25, -0.2) is 4.79 Å². The highest BCUT2D eigenvalue weighted by molar-refractivity contribution is 14.1. The van der Waals surface area contributed by atoms with Gasteiger partial charge in [0.2, 0.25) is 0 Å². The molecule has 1 rings (SSSR count). The summed E-state index contributed by atoms with van der Waals surface area (Å²) >= 11 is 1.35. The highest BCUT2D eigenvalue weighted by Crippen LogP contribution is 2.37. The molecule has 0 aromatic carbocycles. The Hall–Kier alpha value is -0.0000000000000000763. The van der Waals surface area contributed by atoms with Crippen LogP contribution in [-0.2, 0) is 12.6 Å². The number of halogens is 1. The molecule has 8 heteroatoms. The molecular formula is C10H17IO7. The van der Waals surface area contributed by atoms with Gasteiger partial charge in [-0.15, -0.1) is 0 Å². The van der Waals surface area contributed by atoms with Gasteiger partial charge in [0.25, 0.3) is 5.79 Å². The van der Waals surface area contributed by atoms with Gasteiger partial charge in [-0.2, -0.15) is 0 Å². The molecule has 1 aliphatic rings. The van der Waals surface area contributed by atoms with Gasteiger partial charge in [-0.05, 0) is 6.90 Å². The second-order valence-corrected chi connectivity index (χ2v) is 4.85. The first kappa shape index (κ1) is 14.4. The van der Waals surface area contributed by atoms with Gasteiger partial charge in [-0.1, -0.05) is 6.92 Å². The SMILES string of the molecule is [2H]CC(O)C(O)C1OC(OI)(C(=O)O)CC(O)C1C. The smallest absolute Gasteiger partial charge is 0.365 e. The number of carboxylic acid groups (broad SMARTS) is 1. The second-order valence-electron chi connectivity index (χ2n) is 4.41. The van der Waals surface area contributed by atoms with E-state index in [1.807, 2.05) is 0 Å². The van der Waals surface area contributed by atoms with Crippen molar-refractivity contribution in [1.29, 1.82) is 0 Å². The van der Waals surface area contributed by atoms with Gasteiger partial charge >= 0.3 is 5.97 Å².